The van der Waals surface area contributed by atoms with Crippen LogP contribution in [-0.4, -0.2) is 19.0 Å². The maximum absolute atomic E-state index is 12.2. The van der Waals surface area contributed by atoms with E-state index in [9.17, 15) is 4.79 Å². The highest BCUT2D eigenvalue weighted by atomic mass is 16.5. The minimum atomic E-state index is -0.115. The number of rotatable bonds is 10. The summed E-state index contributed by atoms with van der Waals surface area (Å²) in [7, 11) is 1.71. The number of ketones is 1. The summed E-state index contributed by atoms with van der Waals surface area (Å²) < 4.78 is 5.50. The third-order valence-electron chi connectivity index (χ3n) is 4.43. The van der Waals surface area contributed by atoms with Gasteiger partial charge in [0.15, 0.2) is 5.78 Å². The molecule has 0 aromatic heterocycles. The van der Waals surface area contributed by atoms with Crippen LogP contribution in [0.3, 0.4) is 0 Å². The van der Waals surface area contributed by atoms with Crippen molar-refractivity contribution in [3.8, 4) is 0 Å². The lowest BCUT2D eigenvalue weighted by atomic mass is 9.83. The van der Waals surface area contributed by atoms with Crippen LogP contribution in [0.4, 0.5) is 0 Å². The Morgan fingerprint density at radius 2 is 1.68 bits per heavy atom. The van der Waals surface area contributed by atoms with Crippen molar-refractivity contribution in [3.63, 3.8) is 0 Å². The van der Waals surface area contributed by atoms with Crippen molar-refractivity contribution < 1.29 is 9.53 Å². The SMILES string of the molecule is CCCCCCCCC(=O)C(OC)C1CCCCC1. The second kappa shape index (κ2) is 10.4. The fourth-order valence-electron chi connectivity index (χ4n) is 3.25. The number of hydrogen-bond donors (Lipinski definition) is 0. The average molecular weight is 268 g/mol. The van der Waals surface area contributed by atoms with Gasteiger partial charge in [-0.2, -0.15) is 0 Å². The Labute approximate surface area is 119 Å². The summed E-state index contributed by atoms with van der Waals surface area (Å²) in [5.41, 5.74) is 0. The minimum Gasteiger partial charge on any atom is -0.373 e. The van der Waals surface area contributed by atoms with Crippen molar-refractivity contribution in [3.05, 3.63) is 0 Å². The molecule has 0 amide bonds. The second-order valence-electron chi connectivity index (χ2n) is 6.04. The van der Waals surface area contributed by atoms with Gasteiger partial charge < -0.3 is 4.74 Å². The van der Waals surface area contributed by atoms with Gasteiger partial charge in [0.05, 0.1) is 0 Å². The zero-order valence-corrected chi connectivity index (χ0v) is 13.0. The molecule has 2 nitrogen and oxygen atoms in total. The van der Waals surface area contributed by atoms with Crippen molar-refractivity contribution in [1.82, 2.24) is 0 Å². The quantitative estimate of drug-likeness (QED) is 0.527. The summed E-state index contributed by atoms with van der Waals surface area (Å²) in [6.07, 6.45) is 14.3. The van der Waals surface area contributed by atoms with Crippen molar-refractivity contribution >= 4 is 5.78 Å². The first-order valence-electron chi connectivity index (χ1n) is 8.35. The van der Waals surface area contributed by atoms with Crippen LogP contribution in [0.5, 0.6) is 0 Å². The van der Waals surface area contributed by atoms with Gasteiger partial charge in [0, 0.05) is 13.5 Å². The molecular weight excluding hydrogens is 236 g/mol. The smallest absolute Gasteiger partial charge is 0.161 e. The fourth-order valence-corrected chi connectivity index (χ4v) is 3.25. The van der Waals surface area contributed by atoms with E-state index in [0.717, 1.165) is 12.8 Å². The van der Waals surface area contributed by atoms with Gasteiger partial charge in [-0.25, -0.2) is 0 Å². The van der Waals surface area contributed by atoms with Crippen LogP contribution in [0, 0.1) is 5.92 Å². The van der Waals surface area contributed by atoms with E-state index in [1.54, 1.807) is 7.11 Å². The van der Waals surface area contributed by atoms with Gasteiger partial charge in [0.1, 0.15) is 6.10 Å². The molecule has 1 aliphatic carbocycles. The summed E-state index contributed by atoms with van der Waals surface area (Å²) in [5.74, 6) is 0.844. The summed E-state index contributed by atoms with van der Waals surface area (Å²) in [5, 5.41) is 0. The summed E-state index contributed by atoms with van der Waals surface area (Å²) in [6, 6.07) is 0. The zero-order chi connectivity index (χ0) is 13.9. The molecule has 1 unspecified atom stereocenters. The van der Waals surface area contributed by atoms with E-state index in [1.807, 2.05) is 0 Å². The van der Waals surface area contributed by atoms with E-state index in [1.165, 1.54) is 64.2 Å². The van der Waals surface area contributed by atoms with E-state index >= 15 is 0 Å². The van der Waals surface area contributed by atoms with Crippen molar-refractivity contribution in [2.75, 3.05) is 7.11 Å². The highest BCUT2D eigenvalue weighted by molar-refractivity contribution is 5.83. The molecule has 0 aromatic carbocycles. The predicted octanol–water partition coefficient (Wildman–Crippen LogP) is 4.90. The van der Waals surface area contributed by atoms with Gasteiger partial charge in [-0.05, 0) is 25.2 Å². The Morgan fingerprint density at radius 3 is 2.32 bits per heavy atom. The molecule has 0 aliphatic heterocycles. The van der Waals surface area contributed by atoms with Crippen LogP contribution in [-0.2, 0) is 9.53 Å². The molecule has 0 radical (unpaired) electrons. The molecule has 2 heteroatoms. The van der Waals surface area contributed by atoms with E-state index in [0.29, 0.717) is 11.7 Å². The average Bonchev–Trinajstić information content (AvgIpc) is 2.45. The number of methoxy groups -OCH3 is 1. The molecule has 112 valence electrons. The maximum Gasteiger partial charge on any atom is 0.161 e. The normalized spacial score (nSPS) is 18.4. The van der Waals surface area contributed by atoms with Gasteiger partial charge >= 0.3 is 0 Å². The van der Waals surface area contributed by atoms with Crippen LogP contribution in [0.2, 0.25) is 0 Å². The standard InChI is InChI=1S/C17H32O2/c1-3-4-5-6-7-11-14-16(18)17(19-2)15-12-9-8-10-13-15/h15,17H,3-14H2,1-2H3. The number of ether oxygens (including phenoxy) is 1. The van der Waals surface area contributed by atoms with Crippen LogP contribution >= 0.6 is 0 Å². The summed E-state index contributed by atoms with van der Waals surface area (Å²) in [6.45, 7) is 2.23. The van der Waals surface area contributed by atoms with Gasteiger partial charge in [-0.15, -0.1) is 0 Å². The Morgan fingerprint density at radius 1 is 1.05 bits per heavy atom. The van der Waals surface area contributed by atoms with Gasteiger partial charge in [0.25, 0.3) is 0 Å². The van der Waals surface area contributed by atoms with Crippen LogP contribution in [0.25, 0.3) is 0 Å². The first-order chi connectivity index (χ1) is 9.29. The first kappa shape index (κ1) is 16.7. The lowest BCUT2D eigenvalue weighted by molar-refractivity contribution is -0.132. The third kappa shape index (κ3) is 6.56. The molecule has 1 saturated carbocycles. The van der Waals surface area contributed by atoms with Gasteiger partial charge in [-0.3, -0.25) is 4.79 Å². The molecule has 19 heavy (non-hydrogen) atoms. The number of carbonyl (C=O) groups is 1. The Balaban J connectivity index is 2.18. The van der Waals surface area contributed by atoms with Crippen molar-refractivity contribution in [1.29, 1.82) is 0 Å². The molecule has 0 N–H and O–H groups in total. The molecule has 1 rings (SSSR count). The summed E-state index contributed by atoms with van der Waals surface area (Å²) >= 11 is 0. The Kier molecular flexibility index (Phi) is 9.15. The molecule has 0 bridgehead atoms. The summed E-state index contributed by atoms with van der Waals surface area (Å²) in [4.78, 5) is 12.2. The minimum absolute atomic E-state index is 0.115. The van der Waals surface area contributed by atoms with E-state index in [-0.39, 0.29) is 6.10 Å². The highest BCUT2D eigenvalue weighted by Crippen LogP contribution is 2.29. The topological polar surface area (TPSA) is 26.3 Å². The Hall–Kier alpha value is -0.370. The fraction of sp³-hybridized carbons (Fsp3) is 0.941. The van der Waals surface area contributed by atoms with Crippen molar-refractivity contribution in [2.45, 2.75) is 90.1 Å². The monoisotopic (exact) mass is 268 g/mol. The van der Waals surface area contributed by atoms with Crippen LogP contribution in [0.15, 0.2) is 0 Å². The molecule has 0 aromatic rings. The number of unbranched alkanes of at least 4 members (excludes halogenated alkanes) is 5. The molecule has 0 spiro atoms. The van der Waals surface area contributed by atoms with Gasteiger partial charge in [-0.1, -0.05) is 58.3 Å². The molecule has 1 aliphatic rings. The number of hydrogen-bond acceptors (Lipinski definition) is 2. The number of carbonyl (C=O) groups excluding carboxylic acids is 1. The van der Waals surface area contributed by atoms with Gasteiger partial charge in [0.2, 0.25) is 0 Å². The zero-order valence-electron chi connectivity index (χ0n) is 13.0. The second-order valence-corrected chi connectivity index (χ2v) is 6.04. The number of Topliss-reactive ketones (excluding diaryl/α,β-unsaturated/α-hetero) is 1. The van der Waals surface area contributed by atoms with E-state index in [2.05, 4.69) is 6.92 Å². The lowest BCUT2D eigenvalue weighted by Gasteiger charge is -2.28. The van der Waals surface area contributed by atoms with E-state index in [4.69, 9.17) is 4.74 Å². The van der Waals surface area contributed by atoms with Crippen LogP contribution in [0.1, 0.15) is 84.0 Å². The highest BCUT2D eigenvalue weighted by Gasteiger charge is 2.28. The third-order valence-corrected chi connectivity index (χ3v) is 4.43. The first-order valence-corrected chi connectivity index (χ1v) is 8.35. The largest absolute Gasteiger partial charge is 0.373 e. The Bertz CT molecular complexity index is 231. The van der Waals surface area contributed by atoms with Crippen LogP contribution < -0.4 is 0 Å². The lowest BCUT2D eigenvalue weighted by Crippen LogP contribution is -2.32. The molecule has 0 saturated heterocycles. The molecule has 0 heterocycles. The van der Waals surface area contributed by atoms with E-state index < -0.39 is 0 Å². The molecule has 1 fully saturated rings. The van der Waals surface area contributed by atoms with Crippen molar-refractivity contribution in [2.24, 2.45) is 5.92 Å². The predicted molar refractivity (Wildman–Crippen MR) is 80.4 cm³/mol. The molecular formula is C17H32O2. The maximum atomic E-state index is 12.2. The molecule has 1 atom stereocenters.